The second kappa shape index (κ2) is 6.36. The summed E-state index contributed by atoms with van der Waals surface area (Å²) in [6, 6.07) is -0.473. The highest BCUT2D eigenvalue weighted by molar-refractivity contribution is 6.07. The van der Waals surface area contributed by atoms with E-state index >= 15 is 0 Å². The number of carbonyl (C=O) groups excluding carboxylic acids is 1. The molecule has 2 aromatic heterocycles. The average molecular weight is 347 g/mol. The topological polar surface area (TPSA) is 118 Å². The van der Waals surface area contributed by atoms with Gasteiger partial charge in [-0.2, -0.15) is 0 Å². The van der Waals surface area contributed by atoms with Crippen molar-refractivity contribution in [2.75, 3.05) is 13.2 Å². The number of nitrogens with one attached hydrogen (secondary N) is 1. The van der Waals surface area contributed by atoms with E-state index in [0.29, 0.717) is 35.4 Å². The number of nitrogens with zero attached hydrogens (tertiary/aromatic N) is 2. The monoisotopic (exact) mass is 347 g/mol. The number of rotatable bonds is 3. The van der Waals surface area contributed by atoms with Gasteiger partial charge < -0.3 is 24.8 Å². The van der Waals surface area contributed by atoms with Gasteiger partial charge in [-0.3, -0.25) is 4.79 Å². The third-order valence-corrected chi connectivity index (χ3v) is 5.10. The van der Waals surface area contributed by atoms with E-state index in [-0.39, 0.29) is 12.5 Å². The fourth-order valence-electron chi connectivity index (χ4n) is 3.80. The molecule has 0 aromatic carbocycles. The first-order valence-corrected chi connectivity index (χ1v) is 8.59. The molecule has 3 atom stereocenters. The molecule has 3 heterocycles. The Morgan fingerprint density at radius 1 is 1.40 bits per heavy atom. The molecule has 1 fully saturated rings. The number of aromatic nitrogens is 2. The Hall–Kier alpha value is -2.03. The number of hydrogen-bond donors (Lipinski definition) is 3. The van der Waals surface area contributed by atoms with Crippen molar-refractivity contribution < 1.29 is 24.3 Å². The van der Waals surface area contributed by atoms with E-state index in [0.717, 1.165) is 30.5 Å². The lowest BCUT2D eigenvalue weighted by Gasteiger charge is -2.34. The molecule has 4 rings (SSSR count). The first kappa shape index (κ1) is 16.4. The molecule has 1 amide bonds. The van der Waals surface area contributed by atoms with Crippen LogP contribution in [0.25, 0.3) is 11.1 Å². The van der Waals surface area contributed by atoms with E-state index in [2.05, 4.69) is 15.5 Å². The summed E-state index contributed by atoms with van der Waals surface area (Å²) >= 11 is 0. The van der Waals surface area contributed by atoms with Gasteiger partial charge in [-0.15, -0.1) is 0 Å². The van der Waals surface area contributed by atoms with Crippen LogP contribution in [0, 0.1) is 6.92 Å². The Balaban J connectivity index is 1.70. The lowest BCUT2D eigenvalue weighted by atomic mass is 9.97. The number of carbonyl (C=O) groups is 1. The van der Waals surface area contributed by atoms with Gasteiger partial charge in [-0.05, 0) is 38.2 Å². The highest BCUT2D eigenvalue weighted by Gasteiger charge is 2.35. The van der Waals surface area contributed by atoms with Crippen LogP contribution in [0.3, 0.4) is 0 Å². The van der Waals surface area contributed by atoms with Crippen molar-refractivity contribution in [3.63, 3.8) is 0 Å². The Labute approximate surface area is 144 Å². The van der Waals surface area contributed by atoms with Crippen LogP contribution in [0.5, 0.6) is 0 Å². The molecule has 2 aromatic rings. The molecule has 1 saturated heterocycles. The molecular formula is C17H21N3O5. The predicted molar refractivity (Wildman–Crippen MR) is 87.3 cm³/mol. The van der Waals surface area contributed by atoms with Gasteiger partial charge in [0.15, 0.2) is 0 Å². The molecule has 8 nitrogen and oxygen atoms in total. The Kier molecular flexibility index (Phi) is 4.18. The predicted octanol–water partition coefficient (Wildman–Crippen LogP) is 0.260. The molecule has 0 radical (unpaired) electrons. The molecule has 0 spiro atoms. The molecule has 0 saturated carbocycles. The van der Waals surface area contributed by atoms with Gasteiger partial charge in [0.1, 0.15) is 12.2 Å². The fraction of sp³-hybridized carbons (Fsp3) is 0.588. The molecule has 8 heteroatoms. The first-order valence-electron chi connectivity index (χ1n) is 8.59. The minimum atomic E-state index is -0.948. The first-order chi connectivity index (χ1) is 12.1. The minimum Gasteiger partial charge on any atom is -0.394 e. The zero-order valence-corrected chi connectivity index (χ0v) is 14.0. The maximum atomic E-state index is 13.1. The van der Waals surface area contributed by atoms with E-state index < -0.39 is 18.2 Å². The molecule has 3 N–H and O–H groups in total. The molecular weight excluding hydrogens is 326 g/mol. The molecule has 134 valence electrons. The summed E-state index contributed by atoms with van der Waals surface area (Å²) in [5.74, 6) is -0.264. The SMILES string of the molecule is Cc1noc2nc3c(c(C(=O)N[C@H]4CCO[C@H](CO)[C@H]4O)c12)CCC3. The van der Waals surface area contributed by atoms with Crippen LogP contribution in [0.2, 0.25) is 0 Å². The Morgan fingerprint density at radius 3 is 3.04 bits per heavy atom. The number of hydrogen-bond acceptors (Lipinski definition) is 7. The standard InChI is InChI=1S/C17H21N3O5/c1-8-13-14(9-3-2-4-10(9)19-17(13)25-20-8)16(23)18-11-5-6-24-12(7-21)15(11)22/h11-12,15,21-22H,2-7H2,1H3,(H,18,23)/t11-,12+,15-/m0/s1. The average Bonchev–Trinajstić information content (AvgIpc) is 3.21. The number of pyridine rings is 1. The number of aliphatic hydroxyl groups is 2. The molecule has 2 aliphatic rings. The summed E-state index contributed by atoms with van der Waals surface area (Å²) in [6.07, 6.45) is 1.42. The molecule has 1 aliphatic carbocycles. The highest BCUT2D eigenvalue weighted by atomic mass is 16.5. The lowest BCUT2D eigenvalue weighted by molar-refractivity contribution is -0.107. The number of ether oxygens (including phenoxy) is 1. The van der Waals surface area contributed by atoms with E-state index in [1.54, 1.807) is 6.92 Å². The number of aliphatic hydroxyl groups excluding tert-OH is 2. The van der Waals surface area contributed by atoms with Crippen molar-refractivity contribution in [3.05, 3.63) is 22.5 Å². The summed E-state index contributed by atoms with van der Waals surface area (Å²) in [7, 11) is 0. The molecule has 0 bridgehead atoms. The minimum absolute atomic E-state index is 0.264. The van der Waals surface area contributed by atoms with Gasteiger partial charge in [0, 0.05) is 12.3 Å². The van der Waals surface area contributed by atoms with Crippen LogP contribution >= 0.6 is 0 Å². The van der Waals surface area contributed by atoms with Crippen molar-refractivity contribution in [2.24, 2.45) is 0 Å². The van der Waals surface area contributed by atoms with Crippen LogP contribution in [-0.2, 0) is 17.6 Å². The third-order valence-electron chi connectivity index (χ3n) is 5.10. The van der Waals surface area contributed by atoms with Crippen LogP contribution < -0.4 is 5.32 Å². The van der Waals surface area contributed by atoms with Gasteiger partial charge in [-0.25, -0.2) is 4.98 Å². The van der Waals surface area contributed by atoms with Crippen LogP contribution in [-0.4, -0.2) is 57.7 Å². The number of fused-ring (bicyclic) bond motifs is 2. The highest BCUT2D eigenvalue weighted by Crippen LogP contribution is 2.32. The quantitative estimate of drug-likeness (QED) is 0.729. The van der Waals surface area contributed by atoms with E-state index in [1.165, 1.54) is 0 Å². The van der Waals surface area contributed by atoms with E-state index in [4.69, 9.17) is 9.26 Å². The maximum absolute atomic E-state index is 13.1. The number of amides is 1. The molecule has 0 unspecified atom stereocenters. The van der Waals surface area contributed by atoms with Gasteiger partial charge in [-0.1, -0.05) is 5.16 Å². The van der Waals surface area contributed by atoms with E-state index in [9.17, 15) is 15.0 Å². The summed E-state index contributed by atoms with van der Waals surface area (Å²) in [5.41, 5.74) is 3.38. The van der Waals surface area contributed by atoms with Crippen LogP contribution in [0.4, 0.5) is 0 Å². The second-order valence-electron chi connectivity index (χ2n) is 6.66. The van der Waals surface area contributed by atoms with Crippen molar-refractivity contribution in [1.29, 1.82) is 0 Å². The number of aryl methyl sites for hydroxylation is 2. The van der Waals surface area contributed by atoms with Gasteiger partial charge in [0.2, 0.25) is 0 Å². The van der Waals surface area contributed by atoms with Crippen LogP contribution in [0.1, 0.15) is 40.2 Å². The summed E-state index contributed by atoms with van der Waals surface area (Å²) in [5, 5.41) is 27.1. The largest absolute Gasteiger partial charge is 0.394 e. The second-order valence-corrected chi connectivity index (χ2v) is 6.66. The fourth-order valence-corrected chi connectivity index (χ4v) is 3.80. The molecule has 1 aliphatic heterocycles. The van der Waals surface area contributed by atoms with Crippen LogP contribution in [0.15, 0.2) is 4.52 Å². The van der Waals surface area contributed by atoms with Gasteiger partial charge in [0.05, 0.1) is 29.3 Å². The maximum Gasteiger partial charge on any atom is 0.259 e. The van der Waals surface area contributed by atoms with Crippen molar-refractivity contribution >= 4 is 17.0 Å². The normalized spacial score (nSPS) is 26.0. The van der Waals surface area contributed by atoms with E-state index in [1.807, 2.05) is 0 Å². The summed E-state index contributed by atoms with van der Waals surface area (Å²) < 4.78 is 10.6. The van der Waals surface area contributed by atoms with Gasteiger partial charge >= 0.3 is 0 Å². The lowest BCUT2D eigenvalue weighted by Crippen LogP contribution is -2.54. The summed E-state index contributed by atoms with van der Waals surface area (Å²) in [6.45, 7) is 1.88. The Bertz CT molecular complexity index is 818. The Morgan fingerprint density at radius 2 is 2.24 bits per heavy atom. The van der Waals surface area contributed by atoms with Gasteiger partial charge in [0.25, 0.3) is 11.6 Å². The third kappa shape index (κ3) is 2.70. The van der Waals surface area contributed by atoms with Crippen molar-refractivity contribution in [1.82, 2.24) is 15.5 Å². The van der Waals surface area contributed by atoms with Crippen molar-refractivity contribution in [2.45, 2.75) is 50.9 Å². The summed E-state index contributed by atoms with van der Waals surface area (Å²) in [4.78, 5) is 17.5. The smallest absolute Gasteiger partial charge is 0.259 e. The zero-order chi connectivity index (χ0) is 17.6. The molecule has 25 heavy (non-hydrogen) atoms. The zero-order valence-electron chi connectivity index (χ0n) is 14.0. The van der Waals surface area contributed by atoms with Crippen molar-refractivity contribution in [3.8, 4) is 0 Å².